The minimum absolute atomic E-state index is 0.205. The van der Waals surface area contributed by atoms with E-state index in [0.717, 1.165) is 29.3 Å². The highest BCUT2D eigenvalue weighted by atomic mass is 79.9. The van der Waals surface area contributed by atoms with Gasteiger partial charge in [0.1, 0.15) is 5.82 Å². The Bertz CT molecular complexity index is 555. The zero-order valence-corrected chi connectivity index (χ0v) is 12.5. The third-order valence-corrected chi connectivity index (χ3v) is 5.97. The van der Waals surface area contributed by atoms with Gasteiger partial charge in [0, 0.05) is 23.0 Å². The number of hydrogen-bond acceptors (Lipinski definition) is 3. The molecule has 1 aliphatic rings. The fraction of sp³-hybridized carbons (Fsp3) is 0.385. The van der Waals surface area contributed by atoms with Crippen LogP contribution in [0, 0.1) is 0 Å². The van der Waals surface area contributed by atoms with E-state index < -0.39 is 0 Å². The zero-order chi connectivity index (χ0) is 12.6. The lowest BCUT2D eigenvalue weighted by atomic mass is 10.1. The van der Waals surface area contributed by atoms with Crippen LogP contribution in [-0.2, 0) is 13.0 Å². The van der Waals surface area contributed by atoms with Gasteiger partial charge in [-0.3, -0.25) is 0 Å². The topological polar surface area (TPSA) is 30.7 Å². The lowest BCUT2D eigenvalue weighted by Gasteiger charge is -2.17. The highest BCUT2D eigenvalue weighted by Gasteiger charge is 2.36. The number of thioether (sulfide) groups is 1. The van der Waals surface area contributed by atoms with Crippen molar-refractivity contribution in [1.82, 2.24) is 14.8 Å². The summed E-state index contributed by atoms with van der Waals surface area (Å²) in [5.41, 5.74) is 1.28. The maximum atomic E-state index is 4.31. The van der Waals surface area contributed by atoms with Gasteiger partial charge in [-0.15, -0.1) is 10.2 Å². The molecular formula is C13H14BrN3S. The Hall–Kier alpha value is -0.810. The first-order valence-corrected chi connectivity index (χ1v) is 7.85. The largest absolute Gasteiger partial charge is 0.304 e. The van der Waals surface area contributed by atoms with Crippen LogP contribution in [0.3, 0.4) is 0 Å². The molecule has 1 aliphatic heterocycles. The van der Waals surface area contributed by atoms with Crippen molar-refractivity contribution in [2.24, 2.45) is 0 Å². The molecule has 0 bridgehead atoms. The van der Waals surface area contributed by atoms with Gasteiger partial charge in [0.25, 0.3) is 0 Å². The highest BCUT2D eigenvalue weighted by molar-refractivity contribution is 9.09. The third-order valence-electron chi connectivity index (χ3n) is 3.11. The van der Waals surface area contributed by atoms with E-state index in [1.807, 2.05) is 17.8 Å². The minimum atomic E-state index is 0.205. The van der Waals surface area contributed by atoms with Crippen molar-refractivity contribution in [3.63, 3.8) is 0 Å². The number of nitrogens with zero attached hydrogens (tertiary/aromatic N) is 3. The Labute approximate surface area is 119 Å². The summed E-state index contributed by atoms with van der Waals surface area (Å²) in [6.45, 7) is 3.24. The first-order chi connectivity index (χ1) is 8.70. The van der Waals surface area contributed by atoms with Gasteiger partial charge in [0.15, 0.2) is 5.16 Å². The molecular weight excluding hydrogens is 310 g/mol. The maximum Gasteiger partial charge on any atom is 0.191 e. The quantitative estimate of drug-likeness (QED) is 0.813. The van der Waals surface area contributed by atoms with Crippen molar-refractivity contribution in [2.45, 2.75) is 29.8 Å². The smallest absolute Gasteiger partial charge is 0.191 e. The van der Waals surface area contributed by atoms with Crippen LogP contribution in [0.5, 0.6) is 0 Å². The average molecular weight is 324 g/mol. The Morgan fingerprint density at radius 2 is 2.11 bits per heavy atom. The van der Waals surface area contributed by atoms with Crippen LogP contribution in [0.1, 0.15) is 18.3 Å². The van der Waals surface area contributed by atoms with Crippen LogP contribution >= 0.6 is 27.7 Å². The Morgan fingerprint density at radius 3 is 2.83 bits per heavy atom. The minimum Gasteiger partial charge on any atom is -0.304 e. The molecule has 0 radical (unpaired) electrons. The number of benzene rings is 1. The number of alkyl halides is 1. The second kappa shape index (κ2) is 4.70. The molecule has 0 spiro atoms. The van der Waals surface area contributed by atoms with E-state index in [4.69, 9.17) is 0 Å². The van der Waals surface area contributed by atoms with E-state index in [9.17, 15) is 0 Å². The molecule has 2 heterocycles. The van der Waals surface area contributed by atoms with Crippen LogP contribution in [0.25, 0.3) is 0 Å². The number of hydrogen-bond donors (Lipinski definition) is 0. The van der Waals surface area contributed by atoms with Gasteiger partial charge in [-0.2, -0.15) is 0 Å². The molecule has 1 aromatic carbocycles. The zero-order valence-electron chi connectivity index (χ0n) is 10.1. The molecule has 0 amide bonds. The van der Waals surface area contributed by atoms with Gasteiger partial charge in [-0.1, -0.05) is 58.0 Å². The summed E-state index contributed by atoms with van der Waals surface area (Å²) < 4.78 is 2.45. The first-order valence-electron chi connectivity index (χ1n) is 5.91. The lowest BCUT2D eigenvalue weighted by molar-refractivity contribution is 0.560. The van der Waals surface area contributed by atoms with Crippen molar-refractivity contribution in [2.75, 3.05) is 5.33 Å². The Balaban J connectivity index is 1.85. The van der Waals surface area contributed by atoms with Crippen molar-refractivity contribution < 1.29 is 0 Å². The van der Waals surface area contributed by atoms with Crippen molar-refractivity contribution in [1.29, 1.82) is 0 Å². The molecule has 2 aromatic rings. The van der Waals surface area contributed by atoms with E-state index in [2.05, 4.69) is 61.9 Å². The molecule has 0 N–H and O–H groups in total. The van der Waals surface area contributed by atoms with E-state index in [1.54, 1.807) is 0 Å². The summed E-state index contributed by atoms with van der Waals surface area (Å²) >= 11 is 5.40. The van der Waals surface area contributed by atoms with E-state index in [-0.39, 0.29) is 4.75 Å². The van der Waals surface area contributed by atoms with Gasteiger partial charge in [-0.05, 0) is 12.5 Å². The lowest BCUT2D eigenvalue weighted by Crippen LogP contribution is -2.23. The van der Waals surface area contributed by atoms with Crippen LogP contribution < -0.4 is 0 Å². The van der Waals surface area contributed by atoms with Gasteiger partial charge < -0.3 is 4.57 Å². The molecule has 1 aromatic heterocycles. The second-order valence-electron chi connectivity index (χ2n) is 4.83. The molecule has 0 saturated heterocycles. The summed E-state index contributed by atoms with van der Waals surface area (Å²) in [6, 6.07) is 10.4. The second-order valence-corrected chi connectivity index (χ2v) is 6.95. The Kier molecular flexibility index (Phi) is 3.20. The summed E-state index contributed by atoms with van der Waals surface area (Å²) in [4.78, 5) is 0. The van der Waals surface area contributed by atoms with Crippen LogP contribution in [-0.4, -0.2) is 24.8 Å². The summed E-state index contributed by atoms with van der Waals surface area (Å²) in [7, 11) is 0. The molecule has 3 rings (SSSR count). The summed E-state index contributed by atoms with van der Waals surface area (Å²) in [5, 5.41) is 10.6. The number of rotatable bonds is 3. The normalized spacial score (nSPS) is 22.1. The molecule has 0 fully saturated rings. The van der Waals surface area contributed by atoms with E-state index in [0.29, 0.717) is 0 Å². The third kappa shape index (κ3) is 2.21. The molecule has 18 heavy (non-hydrogen) atoms. The summed E-state index contributed by atoms with van der Waals surface area (Å²) in [5.74, 6) is 1.06. The first kappa shape index (κ1) is 12.2. The van der Waals surface area contributed by atoms with Gasteiger partial charge >= 0.3 is 0 Å². The number of fused-ring (bicyclic) bond motifs is 1. The molecule has 3 nitrogen and oxygen atoms in total. The van der Waals surface area contributed by atoms with Crippen molar-refractivity contribution >= 4 is 27.7 Å². The summed E-state index contributed by atoms with van der Waals surface area (Å²) in [6.07, 6.45) is 0.854. The number of aromatic nitrogens is 3. The standard InChI is InChI=1S/C13H14BrN3S/c1-13(8-14)9-17-11(15-16-12(17)18-13)7-10-5-3-2-4-6-10/h2-6H,7-9H2,1H3. The van der Waals surface area contributed by atoms with Gasteiger partial charge in [-0.25, -0.2) is 0 Å². The fourth-order valence-electron chi connectivity index (χ4n) is 2.12. The predicted octanol–water partition coefficient (Wildman–Crippen LogP) is 3.13. The average Bonchev–Trinajstić information content (AvgIpc) is 2.90. The predicted molar refractivity (Wildman–Crippen MR) is 77.3 cm³/mol. The number of halogens is 1. The monoisotopic (exact) mass is 323 g/mol. The fourth-order valence-corrected chi connectivity index (χ4v) is 3.69. The van der Waals surface area contributed by atoms with Crippen LogP contribution in [0.4, 0.5) is 0 Å². The molecule has 0 saturated carbocycles. The van der Waals surface area contributed by atoms with Crippen molar-refractivity contribution in [3.05, 3.63) is 41.7 Å². The van der Waals surface area contributed by atoms with E-state index >= 15 is 0 Å². The molecule has 94 valence electrons. The molecule has 5 heteroatoms. The van der Waals surface area contributed by atoms with Crippen molar-refractivity contribution in [3.8, 4) is 0 Å². The Morgan fingerprint density at radius 1 is 1.33 bits per heavy atom. The molecule has 1 unspecified atom stereocenters. The van der Waals surface area contributed by atoms with Gasteiger partial charge in [0.2, 0.25) is 0 Å². The highest BCUT2D eigenvalue weighted by Crippen LogP contribution is 2.41. The molecule has 1 atom stereocenters. The SMILES string of the molecule is CC1(CBr)Cn2c(Cc3ccccc3)nnc2S1. The van der Waals surface area contributed by atoms with Crippen LogP contribution in [0.2, 0.25) is 0 Å². The molecule has 0 aliphatic carbocycles. The van der Waals surface area contributed by atoms with Crippen LogP contribution in [0.15, 0.2) is 35.5 Å². The van der Waals surface area contributed by atoms with E-state index in [1.165, 1.54) is 5.56 Å². The van der Waals surface area contributed by atoms with Gasteiger partial charge in [0.05, 0.1) is 0 Å². The maximum absolute atomic E-state index is 4.31.